The van der Waals surface area contributed by atoms with E-state index in [1.807, 2.05) is 25.1 Å². The van der Waals surface area contributed by atoms with Crippen LogP contribution in [-0.2, 0) is 6.42 Å². The Balaban J connectivity index is 2.74. The number of fused-ring (bicyclic) bond motifs is 1. The van der Waals surface area contributed by atoms with E-state index in [4.69, 9.17) is 16.0 Å². The summed E-state index contributed by atoms with van der Waals surface area (Å²) in [5, 5.41) is 0.649. The Labute approximate surface area is 75.2 Å². The van der Waals surface area contributed by atoms with Crippen LogP contribution in [0.1, 0.15) is 12.8 Å². The van der Waals surface area contributed by atoms with Crippen LogP contribution in [0, 0.1) is 0 Å². The lowest BCUT2D eigenvalue weighted by molar-refractivity contribution is 0.538. The number of hydrogen-bond donors (Lipinski definition) is 0. The molecular formula is C9H8ClNO. The molecule has 0 radical (unpaired) electrons. The van der Waals surface area contributed by atoms with Crippen molar-refractivity contribution in [1.82, 2.24) is 4.98 Å². The van der Waals surface area contributed by atoms with Crippen LogP contribution < -0.4 is 0 Å². The highest BCUT2D eigenvalue weighted by atomic mass is 35.5. The largest absolute Gasteiger partial charge is 0.441 e. The summed E-state index contributed by atoms with van der Waals surface area (Å²) in [5.41, 5.74) is 1.52. The van der Waals surface area contributed by atoms with Crippen molar-refractivity contribution in [3.63, 3.8) is 0 Å². The smallest absolute Gasteiger partial charge is 0.195 e. The number of aryl methyl sites for hydroxylation is 1. The molecule has 0 atom stereocenters. The first kappa shape index (κ1) is 7.62. The van der Waals surface area contributed by atoms with E-state index in [0.29, 0.717) is 5.02 Å². The second-order valence-corrected chi connectivity index (χ2v) is 2.95. The number of rotatable bonds is 1. The number of benzene rings is 1. The van der Waals surface area contributed by atoms with Crippen LogP contribution in [0.4, 0.5) is 0 Å². The van der Waals surface area contributed by atoms with Gasteiger partial charge in [0.2, 0.25) is 0 Å². The van der Waals surface area contributed by atoms with E-state index in [2.05, 4.69) is 4.98 Å². The van der Waals surface area contributed by atoms with Crippen molar-refractivity contribution >= 4 is 22.7 Å². The Kier molecular flexibility index (Phi) is 1.77. The van der Waals surface area contributed by atoms with E-state index in [1.165, 1.54) is 0 Å². The highest BCUT2D eigenvalue weighted by molar-refractivity contribution is 6.34. The lowest BCUT2D eigenvalue weighted by atomic mass is 10.3. The molecule has 0 fully saturated rings. The van der Waals surface area contributed by atoms with Crippen LogP contribution in [0.5, 0.6) is 0 Å². The Morgan fingerprint density at radius 2 is 2.33 bits per heavy atom. The Morgan fingerprint density at radius 3 is 3.00 bits per heavy atom. The molecule has 2 aromatic rings. The third kappa shape index (κ3) is 1.08. The monoisotopic (exact) mass is 181 g/mol. The normalized spacial score (nSPS) is 10.8. The predicted octanol–water partition coefficient (Wildman–Crippen LogP) is 3.04. The maximum absolute atomic E-state index is 5.90. The van der Waals surface area contributed by atoms with Gasteiger partial charge in [0, 0.05) is 6.42 Å². The van der Waals surface area contributed by atoms with Gasteiger partial charge in [-0.25, -0.2) is 4.98 Å². The topological polar surface area (TPSA) is 26.0 Å². The summed E-state index contributed by atoms with van der Waals surface area (Å²) in [6, 6.07) is 5.54. The Hall–Kier alpha value is -1.02. The second-order valence-electron chi connectivity index (χ2n) is 2.55. The molecule has 2 nitrogen and oxygen atoms in total. The molecule has 0 spiro atoms. The third-order valence-corrected chi connectivity index (χ3v) is 2.02. The van der Waals surface area contributed by atoms with E-state index in [1.54, 1.807) is 0 Å². The molecule has 62 valence electrons. The number of para-hydroxylation sites is 1. The van der Waals surface area contributed by atoms with Gasteiger partial charge in [0.05, 0.1) is 5.02 Å². The molecular weight excluding hydrogens is 174 g/mol. The average Bonchev–Trinajstić information content (AvgIpc) is 2.49. The van der Waals surface area contributed by atoms with Crippen LogP contribution in [-0.4, -0.2) is 4.98 Å². The van der Waals surface area contributed by atoms with Crippen molar-refractivity contribution in [3.05, 3.63) is 29.1 Å². The molecule has 3 heteroatoms. The lowest BCUT2D eigenvalue weighted by Gasteiger charge is -1.86. The summed E-state index contributed by atoms with van der Waals surface area (Å²) in [6.07, 6.45) is 0.797. The molecule has 0 bridgehead atoms. The predicted molar refractivity (Wildman–Crippen MR) is 48.4 cm³/mol. The lowest BCUT2D eigenvalue weighted by Crippen LogP contribution is -1.75. The number of hydrogen-bond acceptors (Lipinski definition) is 2. The summed E-state index contributed by atoms with van der Waals surface area (Å²) in [4.78, 5) is 4.23. The van der Waals surface area contributed by atoms with E-state index in [0.717, 1.165) is 23.4 Å². The van der Waals surface area contributed by atoms with Crippen LogP contribution in [0.25, 0.3) is 11.1 Å². The molecule has 0 saturated heterocycles. The molecule has 1 aromatic heterocycles. The van der Waals surface area contributed by atoms with Gasteiger partial charge in [-0.15, -0.1) is 0 Å². The Bertz CT molecular complexity index is 408. The maximum Gasteiger partial charge on any atom is 0.195 e. The van der Waals surface area contributed by atoms with Gasteiger partial charge < -0.3 is 4.42 Å². The van der Waals surface area contributed by atoms with Crippen molar-refractivity contribution in [2.75, 3.05) is 0 Å². The molecule has 0 N–H and O–H groups in total. The molecule has 1 heterocycles. The zero-order chi connectivity index (χ0) is 8.55. The highest BCUT2D eigenvalue weighted by Crippen LogP contribution is 2.23. The van der Waals surface area contributed by atoms with Gasteiger partial charge in [-0.3, -0.25) is 0 Å². The van der Waals surface area contributed by atoms with Gasteiger partial charge in [0.15, 0.2) is 11.5 Å². The van der Waals surface area contributed by atoms with E-state index in [9.17, 15) is 0 Å². The van der Waals surface area contributed by atoms with Crippen molar-refractivity contribution < 1.29 is 4.42 Å². The molecule has 0 saturated carbocycles. The average molecular weight is 182 g/mol. The van der Waals surface area contributed by atoms with Gasteiger partial charge >= 0.3 is 0 Å². The van der Waals surface area contributed by atoms with Crippen LogP contribution in [0.3, 0.4) is 0 Å². The van der Waals surface area contributed by atoms with E-state index < -0.39 is 0 Å². The zero-order valence-corrected chi connectivity index (χ0v) is 7.43. The molecule has 0 aliphatic heterocycles. The summed E-state index contributed by atoms with van der Waals surface area (Å²) in [6.45, 7) is 2.00. The van der Waals surface area contributed by atoms with E-state index >= 15 is 0 Å². The van der Waals surface area contributed by atoms with Crippen LogP contribution in [0.15, 0.2) is 22.6 Å². The summed E-state index contributed by atoms with van der Waals surface area (Å²) in [7, 11) is 0. The number of nitrogens with zero attached hydrogens (tertiary/aromatic N) is 1. The number of aromatic nitrogens is 1. The fourth-order valence-corrected chi connectivity index (χ4v) is 1.32. The first-order chi connectivity index (χ1) is 5.81. The molecule has 2 rings (SSSR count). The minimum atomic E-state index is 0.649. The SMILES string of the molecule is CCc1nc2c(Cl)cccc2o1. The van der Waals surface area contributed by atoms with Gasteiger partial charge in [0.25, 0.3) is 0 Å². The van der Waals surface area contributed by atoms with Crippen molar-refractivity contribution in [3.8, 4) is 0 Å². The number of oxazole rings is 1. The summed E-state index contributed by atoms with van der Waals surface area (Å²) < 4.78 is 5.40. The summed E-state index contributed by atoms with van der Waals surface area (Å²) >= 11 is 5.90. The van der Waals surface area contributed by atoms with Gasteiger partial charge in [-0.2, -0.15) is 0 Å². The van der Waals surface area contributed by atoms with Gasteiger partial charge in [0.1, 0.15) is 5.52 Å². The first-order valence-electron chi connectivity index (χ1n) is 3.85. The van der Waals surface area contributed by atoms with Crippen LogP contribution in [0.2, 0.25) is 5.02 Å². The zero-order valence-electron chi connectivity index (χ0n) is 6.67. The molecule has 0 amide bonds. The molecule has 12 heavy (non-hydrogen) atoms. The molecule has 1 aromatic carbocycles. The molecule has 0 aliphatic rings. The number of halogens is 1. The van der Waals surface area contributed by atoms with Crippen LogP contribution >= 0.6 is 11.6 Å². The van der Waals surface area contributed by atoms with Crippen molar-refractivity contribution in [1.29, 1.82) is 0 Å². The molecule has 0 unspecified atom stereocenters. The quantitative estimate of drug-likeness (QED) is 0.676. The Morgan fingerprint density at radius 1 is 1.50 bits per heavy atom. The van der Waals surface area contributed by atoms with Crippen molar-refractivity contribution in [2.45, 2.75) is 13.3 Å². The minimum Gasteiger partial charge on any atom is -0.441 e. The second kappa shape index (κ2) is 2.79. The fraction of sp³-hybridized carbons (Fsp3) is 0.222. The fourth-order valence-electron chi connectivity index (χ4n) is 1.11. The summed E-state index contributed by atoms with van der Waals surface area (Å²) in [5.74, 6) is 0.734. The maximum atomic E-state index is 5.90. The van der Waals surface area contributed by atoms with Gasteiger partial charge in [-0.05, 0) is 12.1 Å². The first-order valence-corrected chi connectivity index (χ1v) is 4.23. The highest BCUT2D eigenvalue weighted by Gasteiger charge is 2.05. The standard InChI is InChI=1S/C9H8ClNO/c1-2-8-11-9-6(10)4-3-5-7(9)12-8/h3-5H,2H2,1H3. The van der Waals surface area contributed by atoms with E-state index in [-0.39, 0.29) is 0 Å². The molecule has 0 aliphatic carbocycles. The third-order valence-electron chi connectivity index (χ3n) is 1.72. The van der Waals surface area contributed by atoms with Gasteiger partial charge in [-0.1, -0.05) is 24.6 Å². The van der Waals surface area contributed by atoms with Crippen molar-refractivity contribution in [2.24, 2.45) is 0 Å². The minimum absolute atomic E-state index is 0.649.